The Bertz CT molecular complexity index is 491. The number of carbonyl (C=O) groups is 2. The van der Waals surface area contributed by atoms with Crippen LogP contribution in [0.25, 0.3) is 0 Å². The minimum Gasteiger partial charge on any atom is -0.452 e. The number of ether oxygens (including phenoxy) is 1. The second-order valence-corrected chi connectivity index (χ2v) is 5.34. The van der Waals surface area contributed by atoms with Crippen LogP contribution in [0.3, 0.4) is 0 Å². The lowest BCUT2D eigenvalue weighted by atomic mass is 10.2. The topological polar surface area (TPSA) is 81.4 Å². The Labute approximate surface area is 127 Å². The average Bonchev–Trinajstić information content (AvgIpc) is 2.39. The maximum absolute atomic E-state index is 11.8. The summed E-state index contributed by atoms with van der Waals surface area (Å²) in [6.07, 6.45) is 1.87. The third-order valence-corrected chi connectivity index (χ3v) is 3.60. The van der Waals surface area contributed by atoms with Crippen LogP contribution in [0, 0.1) is 0 Å². The van der Waals surface area contributed by atoms with Gasteiger partial charge < -0.3 is 15.8 Å². The number of rotatable bonds is 6. The second-order valence-electron chi connectivity index (χ2n) is 4.54. The molecular weight excluding hydrogens is 324 g/mol. The zero-order chi connectivity index (χ0) is 15.1. The lowest BCUT2D eigenvalue weighted by Gasteiger charge is -2.13. The predicted molar refractivity (Wildman–Crippen MR) is 81.3 cm³/mol. The van der Waals surface area contributed by atoms with Crippen molar-refractivity contribution in [3.63, 3.8) is 0 Å². The summed E-state index contributed by atoms with van der Waals surface area (Å²) in [7, 11) is 0. The number of carbonyl (C=O) groups excluding carboxylic acids is 2. The van der Waals surface area contributed by atoms with Gasteiger partial charge in [-0.3, -0.25) is 4.79 Å². The molecule has 3 N–H and O–H groups in total. The molecule has 0 heterocycles. The van der Waals surface area contributed by atoms with E-state index in [1.165, 1.54) is 0 Å². The number of hydrogen-bond acceptors (Lipinski definition) is 4. The fraction of sp³-hybridized carbons (Fsp3) is 0.429. The number of nitrogens with two attached hydrogens (primary N) is 1. The summed E-state index contributed by atoms with van der Waals surface area (Å²) in [5.74, 6) is -0.887. The van der Waals surface area contributed by atoms with Crippen molar-refractivity contribution in [2.75, 3.05) is 12.3 Å². The lowest BCUT2D eigenvalue weighted by molar-refractivity contribution is -0.124. The summed E-state index contributed by atoms with van der Waals surface area (Å²) in [6.45, 7) is 3.66. The van der Waals surface area contributed by atoms with Gasteiger partial charge in [0.25, 0.3) is 5.91 Å². The Balaban J connectivity index is 2.51. The Kier molecular flexibility index (Phi) is 6.51. The van der Waals surface area contributed by atoms with Crippen LogP contribution in [0.1, 0.15) is 37.0 Å². The summed E-state index contributed by atoms with van der Waals surface area (Å²) in [5.41, 5.74) is 6.43. The first-order chi connectivity index (χ1) is 9.45. The molecule has 0 bridgehead atoms. The van der Waals surface area contributed by atoms with E-state index in [4.69, 9.17) is 10.5 Å². The zero-order valence-corrected chi connectivity index (χ0v) is 13.2. The molecule has 0 aliphatic carbocycles. The first kappa shape index (κ1) is 16.5. The van der Waals surface area contributed by atoms with Crippen molar-refractivity contribution in [2.24, 2.45) is 0 Å². The molecule has 6 heteroatoms. The summed E-state index contributed by atoms with van der Waals surface area (Å²) >= 11 is 3.22. The van der Waals surface area contributed by atoms with Crippen molar-refractivity contribution in [3.05, 3.63) is 28.2 Å². The average molecular weight is 343 g/mol. The fourth-order valence-corrected chi connectivity index (χ4v) is 2.16. The van der Waals surface area contributed by atoms with E-state index in [0.29, 0.717) is 15.7 Å². The van der Waals surface area contributed by atoms with Gasteiger partial charge in [0.05, 0.1) is 10.0 Å². The third kappa shape index (κ3) is 4.85. The Morgan fingerprint density at radius 1 is 1.45 bits per heavy atom. The van der Waals surface area contributed by atoms with Gasteiger partial charge in [-0.15, -0.1) is 0 Å². The molecular formula is C14H19BrN2O3. The Morgan fingerprint density at radius 3 is 2.80 bits per heavy atom. The molecule has 0 spiro atoms. The van der Waals surface area contributed by atoms with Gasteiger partial charge in [0.1, 0.15) is 0 Å². The molecule has 0 aliphatic heterocycles. The van der Waals surface area contributed by atoms with Crippen LogP contribution < -0.4 is 11.1 Å². The van der Waals surface area contributed by atoms with E-state index in [-0.39, 0.29) is 18.6 Å². The van der Waals surface area contributed by atoms with E-state index in [2.05, 4.69) is 21.2 Å². The normalized spacial score (nSPS) is 11.8. The third-order valence-electron chi connectivity index (χ3n) is 2.71. The second kappa shape index (κ2) is 7.89. The van der Waals surface area contributed by atoms with Gasteiger partial charge in [-0.1, -0.05) is 19.4 Å². The van der Waals surface area contributed by atoms with Gasteiger partial charge in [0.15, 0.2) is 6.61 Å². The van der Waals surface area contributed by atoms with Gasteiger partial charge >= 0.3 is 5.97 Å². The number of anilines is 1. The number of halogens is 1. The maximum Gasteiger partial charge on any atom is 0.339 e. The van der Waals surface area contributed by atoms with Crippen molar-refractivity contribution >= 4 is 33.5 Å². The molecule has 0 aliphatic rings. The van der Waals surface area contributed by atoms with Gasteiger partial charge in [0, 0.05) is 11.7 Å². The molecule has 0 saturated carbocycles. The molecule has 0 saturated heterocycles. The minimum atomic E-state index is -0.581. The maximum atomic E-state index is 11.8. The molecule has 0 radical (unpaired) electrons. The van der Waals surface area contributed by atoms with Crippen LogP contribution in [-0.4, -0.2) is 24.5 Å². The largest absolute Gasteiger partial charge is 0.452 e. The molecule has 1 aromatic carbocycles. The van der Waals surface area contributed by atoms with Crippen LogP contribution in [-0.2, 0) is 9.53 Å². The standard InChI is InChI=1S/C14H19BrN2O3/c1-3-5-9(2)17-12(18)8-20-14(19)10-6-4-7-11(16)13(10)15/h4,6-7,9H,3,5,8,16H2,1-2H3,(H,17,18). The number of amides is 1. The highest BCUT2D eigenvalue weighted by Crippen LogP contribution is 2.24. The summed E-state index contributed by atoms with van der Waals surface area (Å²) in [4.78, 5) is 23.4. The quantitative estimate of drug-likeness (QED) is 0.614. The van der Waals surface area contributed by atoms with Crippen LogP contribution in [0.5, 0.6) is 0 Å². The molecule has 1 rings (SSSR count). The van der Waals surface area contributed by atoms with E-state index < -0.39 is 5.97 Å². The number of nitrogens with one attached hydrogen (secondary N) is 1. The van der Waals surface area contributed by atoms with Crippen LogP contribution in [0.4, 0.5) is 5.69 Å². The van der Waals surface area contributed by atoms with Crippen molar-refractivity contribution < 1.29 is 14.3 Å². The van der Waals surface area contributed by atoms with Crippen molar-refractivity contribution in [2.45, 2.75) is 32.7 Å². The summed E-state index contributed by atoms with van der Waals surface area (Å²) in [6, 6.07) is 4.98. The minimum absolute atomic E-state index is 0.0744. The molecule has 0 aromatic heterocycles. The van der Waals surface area contributed by atoms with Gasteiger partial charge in [-0.05, 0) is 41.4 Å². The van der Waals surface area contributed by atoms with Crippen molar-refractivity contribution in [3.8, 4) is 0 Å². The predicted octanol–water partition coefficient (Wildman–Crippen LogP) is 2.49. The first-order valence-electron chi connectivity index (χ1n) is 6.46. The summed E-state index contributed by atoms with van der Waals surface area (Å²) < 4.78 is 5.44. The number of benzene rings is 1. The van der Waals surface area contributed by atoms with E-state index in [0.717, 1.165) is 12.8 Å². The Hall–Kier alpha value is -1.56. The highest BCUT2D eigenvalue weighted by Gasteiger charge is 2.15. The van der Waals surface area contributed by atoms with E-state index in [1.54, 1.807) is 18.2 Å². The number of esters is 1. The van der Waals surface area contributed by atoms with Crippen molar-refractivity contribution in [1.82, 2.24) is 5.32 Å². The Morgan fingerprint density at radius 2 is 2.15 bits per heavy atom. The molecule has 20 heavy (non-hydrogen) atoms. The van der Waals surface area contributed by atoms with E-state index in [9.17, 15) is 9.59 Å². The van der Waals surface area contributed by atoms with Gasteiger partial charge in [-0.25, -0.2) is 4.79 Å². The zero-order valence-electron chi connectivity index (χ0n) is 11.6. The highest BCUT2D eigenvalue weighted by atomic mass is 79.9. The van der Waals surface area contributed by atoms with Crippen LogP contribution in [0.2, 0.25) is 0 Å². The lowest BCUT2D eigenvalue weighted by Crippen LogP contribution is -2.35. The van der Waals surface area contributed by atoms with Crippen LogP contribution in [0.15, 0.2) is 22.7 Å². The number of hydrogen-bond donors (Lipinski definition) is 2. The monoisotopic (exact) mass is 342 g/mol. The molecule has 1 atom stereocenters. The molecule has 5 nitrogen and oxygen atoms in total. The molecule has 1 unspecified atom stereocenters. The SMILES string of the molecule is CCCC(C)NC(=O)COC(=O)c1cccc(N)c1Br. The fourth-order valence-electron chi connectivity index (χ4n) is 1.74. The van der Waals surface area contributed by atoms with Gasteiger partial charge in [0.2, 0.25) is 0 Å². The first-order valence-corrected chi connectivity index (χ1v) is 7.25. The molecule has 1 aromatic rings. The van der Waals surface area contributed by atoms with Gasteiger partial charge in [-0.2, -0.15) is 0 Å². The smallest absolute Gasteiger partial charge is 0.339 e. The summed E-state index contributed by atoms with van der Waals surface area (Å²) in [5, 5.41) is 2.76. The van der Waals surface area contributed by atoms with Crippen molar-refractivity contribution in [1.29, 1.82) is 0 Å². The highest BCUT2D eigenvalue weighted by molar-refractivity contribution is 9.10. The van der Waals surface area contributed by atoms with E-state index in [1.807, 2.05) is 13.8 Å². The molecule has 1 amide bonds. The number of nitrogen functional groups attached to an aromatic ring is 1. The molecule has 0 fully saturated rings. The molecule has 110 valence electrons. The van der Waals surface area contributed by atoms with Crippen LogP contribution >= 0.6 is 15.9 Å². The van der Waals surface area contributed by atoms with E-state index >= 15 is 0 Å².